The number of rotatable bonds is 9. The second kappa shape index (κ2) is 13.4. The second-order valence-electron chi connectivity index (χ2n) is 11.6. The van der Waals surface area contributed by atoms with Gasteiger partial charge >= 0.3 is 6.09 Å². The molecule has 2 aliphatic heterocycles. The number of aromatic hydroxyl groups is 1. The van der Waals surface area contributed by atoms with E-state index in [0.29, 0.717) is 19.4 Å². The summed E-state index contributed by atoms with van der Waals surface area (Å²) in [5, 5.41) is 13.0. The maximum absolute atomic E-state index is 14.1. The summed E-state index contributed by atoms with van der Waals surface area (Å²) in [6, 6.07) is 29.1. The number of carbonyl (C=O) groups excluding carboxylic acids is 3. The van der Waals surface area contributed by atoms with Crippen molar-refractivity contribution in [1.29, 1.82) is 0 Å². The van der Waals surface area contributed by atoms with Crippen molar-refractivity contribution in [2.75, 3.05) is 6.54 Å². The average Bonchev–Trinajstić information content (AvgIpc) is 3.06. The second-order valence-corrected chi connectivity index (χ2v) is 11.6. The fourth-order valence-corrected chi connectivity index (χ4v) is 6.16. The molecule has 3 amide bonds. The molecule has 4 aromatic carbocycles. The van der Waals surface area contributed by atoms with E-state index in [1.165, 1.54) is 9.96 Å². The van der Waals surface area contributed by atoms with Crippen molar-refractivity contribution in [2.24, 2.45) is 0 Å². The molecule has 9 nitrogen and oxygen atoms in total. The van der Waals surface area contributed by atoms with Gasteiger partial charge in [0.1, 0.15) is 18.4 Å². The van der Waals surface area contributed by atoms with Gasteiger partial charge in [-0.3, -0.25) is 14.4 Å². The Labute approximate surface area is 262 Å². The van der Waals surface area contributed by atoms with Crippen molar-refractivity contribution in [3.05, 3.63) is 114 Å². The van der Waals surface area contributed by atoms with Gasteiger partial charge in [-0.05, 0) is 46.0 Å². The van der Waals surface area contributed by atoms with E-state index in [1.807, 2.05) is 79.7 Å². The third-order valence-electron chi connectivity index (χ3n) is 8.49. The van der Waals surface area contributed by atoms with Gasteiger partial charge in [0.25, 0.3) is 5.91 Å². The Bertz CT molecular complexity index is 1660. The summed E-state index contributed by atoms with van der Waals surface area (Å²) >= 11 is 0. The van der Waals surface area contributed by atoms with Crippen LogP contribution in [0, 0.1) is 0 Å². The number of ether oxygens (including phenoxy) is 1. The number of nitrogens with zero attached hydrogens (tertiary/aromatic N) is 3. The number of amides is 3. The van der Waals surface area contributed by atoms with Gasteiger partial charge in [0.2, 0.25) is 5.91 Å². The summed E-state index contributed by atoms with van der Waals surface area (Å²) < 4.78 is 5.85. The van der Waals surface area contributed by atoms with E-state index in [2.05, 4.69) is 0 Å². The largest absolute Gasteiger partial charge is 0.508 e. The number of unbranched alkanes of at least 4 members (excludes halogenated alkanes) is 1. The Morgan fingerprint density at radius 1 is 0.889 bits per heavy atom. The lowest BCUT2D eigenvalue weighted by Crippen LogP contribution is -2.73. The monoisotopic (exact) mass is 607 g/mol. The van der Waals surface area contributed by atoms with E-state index in [1.54, 1.807) is 29.2 Å². The molecule has 6 rings (SSSR count). The average molecular weight is 608 g/mol. The van der Waals surface area contributed by atoms with Crippen LogP contribution in [0.2, 0.25) is 0 Å². The lowest BCUT2D eigenvalue weighted by atomic mass is 9.97. The molecular weight excluding hydrogens is 570 g/mol. The molecule has 0 spiro atoms. The fraction of sp³-hybridized carbons (Fsp3) is 0.306. The van der Waals surface area contributed by atoms with Crippen LogP contribution in [0.3, 0.4) is 0 Å². The Morgan fingerprint density at radius 2 is 1.62 bits per heavy atom. The first-order valence-electron chi connectivity index (χ1n) is 15.4. The number of piperazine rings is 1. The molecule has 45 heavy (non-hydrogen) atoms. The summed E-state index contributed by atoms with van der Waals surface area (Å²) in [6.07, 6.45) is -0.371. The molecule has 2 aliphatic rings. The Hall–Kier alpha value is -4.89. The zero-order valence-electron chi connectivity index (χ0n) is 25.2. The normalized spacial score (nSPS) is 19.9. The zero-order valence-corrected chi connectivity index (χ0v) is 25.2. The molecule has 0 aromatic heterocycles. The molecule has 0 unspecified atom stereocenters. The van der Waals surface area contributed by atoms with Crippen LogP contribution in [0.1, 0.15) is 42.9 Å². The van der Waals surface area contributed by atoms with Crippen molar-refractivity contribution in [3.63, 3.8) is 0 Å². The molecule has 0 aliphatic carbocycles. The number of fused-ring (bicyclic) bond motifs is 2. The maximum Gasteiger partial charge on any atom is 0.436 e. The highest BCUT2D eigenvalue weighted by Crippen LogP contribution is 2.32. The van der Waals surface area contributed by atoms with E-state index < -0.39 is 24.4 Å². The van der Waals surface area contributed by atoms with Gasteiger partial charge in [0, 0.05) is 13.0 Å². The third-order valence-corrected chi connectivity index (χ3v) is 8.49. The van der Waals surface area contributed by atoms with Gasteiger partial charge in [0.15, 0.2) is 12.3 Å². The van der Waals surface area contributed by atoms with Gasteiger partial charge in [-0.2, -0.15) is 5.06 Å². The minimum absolute atomic E-state index is 0.0178. The molecule has 9 heteroatoms. The van der Waals surface area contributed by atoms with E-state index in [4.69, 9.17) is 9.57 Å². The summed E-state index contributed by atoms with van der Waals surface area (Å²) in [7, 11) is 0. The molecule has 3 atom stereocenters. The first kappa shape index (κ1) is 30.1. The summed E-state index contributed by atoms with van der Waals surface area (Å²) in [6.45, 7) is 2.41. The predicted molar refractivity (Wildman–Crippen MR) is 168 cm³/mol. The number of hydrogen-bond donors (Lipinski definition) is 1. The first-order chi connectivity index (χ1) is 21.9. The minimum atomic E-state index is -0.929. The standard InChI is InChI=1S/C36H37N3O6/c1-2-3-16-32-35(42)38-31(21-25-17-19-29(40)20-18-25)34(41)37(22-26-10-5-4-6-11-26)23-33(38)39(45-32)36(43)44-24-28-14-9-13-27-12-7-8-15-30(27)28/h4-15,17-20,31-33,40H,2-3,16,21-24H2,1H3/t31-,32-,33-/m0/s1. The van der Waals surface area contributed by atoms with Gasteiger partial charge in [-0.1, -0.05) is 105 Å². The van der Waals surface area contributed by atoms with Gasteiger partial charge < -0.3 is 19.6 Å². The van der Waals surface area contributed by atoms with Gasteiger partial charge in [0.05, 0.1) is 6.54 Å². The number of carbonyl (C=O) groups is 3. The molecule has 2 saturated heterocycles. The smallest absolute Gasteiger partial charge is 0.436 e. The third kappa shape index (κ3) is 6.49. The van der Waals surface area contributed by atoms with Crippen LogP contribution in [0.15, 0.2) is 97.1 Å². The quantitative estimate of drug-likeness (QED) is 0.258. The van der Waals surface area contributed by atoms with E-state index in [9.17, 15) is 19.5 Å². The first-order valence-corrected chi connectivity index (χ1v) is 15.4. The van der Waals surface area contributed by atoms with Crippen molar-refractivity contribution in [3.8, 4) is 5.75 Å². The molecule has 0 bridgehead atoms. The summed E-state index contributed by atoms with van der Waals surface area (Å²) in [4.78, 5) is 51.4. The topological polar surface area (TPSA) is 99.6 Å². The van der Waals surface area contributed by atoms with Gasteiger partial charge in [-0.25, -0.2) is 4.79 Å². The van der Waals surface area contributed by atoms with Crippen LogP contribution in [0.25, 0.3) is 10.8 Å². The minimum Gasteiger partial charge on any atom is -0.508 e. The van der Waals surface area contributed by atoms with E-state index in [-0.39, 0.29) is 37.1 Å². The highest BCUT2D eigenvalue weighted by atomic mass is 16.7. The van der Waals surface area contributed by atoms with Crippen LogP contribution in [0.5, 0.6) is 5.75 Å². The Balaban J connectivity index is 1.33. The predicted octanol–water partition coefficient (Wildman–Crippen LogP) is 5.80. The molecular formula is C36H37N3O6. The van der Waals surface area contributed by atoms with Crippen LogP contribution in [-0.2, 0) is 38.7 Å². The molecule has 0 saturated carbocycles. The Kier molecular flexibility index (Phi) is 8.98. The van der Waals surface area contributed by atoms with Crippen molar-refractivity contribution in [2.45, 2.75) is 64.1 Å². The number of benzene rings is 4. The summed E-state index contributed by atoms with van der Waals surface area (Å²) in [5.74, 6) is -0.417. The number of hydrogen-bond acceptors (Lipinski definition) is 6. The lowest BCUT2D eigenvalue weighted by molar-refractivity contribution is -0.268. The van der Waals surface area contributed by atoms with Crippen molar-refractivity contribution >= 4 is 28.7 Å². The Morgan fingerprint density at radius 3 is 2.40 bits per heavy atom. The fourth-order valence-electron chi connectivity index (χ4n) is 6.16. The number of phenols is 1. The highest BCUT2D eigenvalue weighted by molar-refractivity contribution is 5.92. The molecule has 232 valence electrons. The maximum atomic E-state index is 14.1. The molecule has 2 heterocycles. The van der Waals surface area contributed by atoms with Gasteiger partial charge in [-0.15, -0.1) is 0 Å². The molecule has 4 aromatic rings. The number of hydroxylamine groups is 2. The van der Waals surface area contributed by atoms with Crippen LogP contribution < -0.4 is 0 Å². The summed E-state index contributed by atoms with van der Waals surface area (Å²) in [5.41, 5.74) is 2.56. The van der Waals surface area contributed by atoms with E-state index >= 15 is 0 Å². The number of phenolic OH excluding ortho intramolecular Hbond substituents is 1. The lowest BCUT2D eigenvalue weighted by Gasteiger charge is -2.52. The van der Waals surface area contributed by atoms with Crippen molar-refractivity contribution in [1.82, 2.24) is 14.9 Å². The SMILES string of the molecule is CCCC[C@@H]1ON(C(=O)OCc2cccc3ccccc23)[C@H]2CN(Cc3ccccc3)C(=O)[C@H](Cc3ccc(O)cc3)N2C1=O. The van der Waals surface area contributed by atoms with Crippen LogP contribution >= 0.6 is 0 Å². The molecule has 2 fully saturated rings. The van der Waals surface area contributed by atoms with Crippen LogP contribution in [-0.4, -0.2) is 62.7 Å². The van der Waals surface area contributed by atoms with Crippen LogP contribution in [0.4, 0.5) is 4.79 Å². The van der Waals surface area contributed by atoms with E-state index in [0.717, 1.165) is 33.9 Å². The molecule has 0 radical (unpaired) electrons. The van der Waals surface area contributed by atoms with Crippen molar-refractivity contribution < 1.29 is 29.1 Å². The highest BCUT2D eigenvalue weighted by Gasteiger charge is 2.53. The molecule has 1 N–H and O–H groups in total. The zero-order chi connectivity index (χ0) is 31.3.